The molecule has 1 N–H and O–H groups in total. The fraction of sp³-hybridized carbons (Fsp3) is 0.545. The molecule has 2 rings (SSSR count). The van der Waals surface area contributed by atoms with Gasteiger partial charge >= 0.3 is 5.97 Å². The molecule has 0 bridgehead atoms. The van der Waals surface area contributed by atoms with E-state index in [1.807, 2.05) is 0 Å². The van der Waals surface area contributed by atoms with Crippen molar-refractivity contribution in [2.75, 3.05) is 18.1 Å². The molecule has 0 saturated carbocycles. The second-order valence-electron chi connectivity index (χ2n) is 4.07. The average molecular weight is 270 g/mol. The van der Waals surface area contributed by atoms with Crippen molar-refractivity contribution in [1.82, 2.24) is 9.88 Å². The van der Waals surface area contributed by atoms with Gasteiger partial charge in [-0.15, -0.1) is 0 Å². The number of aryl methyl sites for hydroxylation is 2. The lowest BCUT2D eigenvalue weighted by Gasteiger charge is -2.31. The summed E-state index contributed by atoms with van der Waals surface area (Å²) in [7, 11) is 0. The molecule has 0 aliphatic carbocycles. The first-order chi connectivity index (χ1) is 8.50. The largest absolute Gasteiger partial charge is 0.480 e. The summed E-state index contributed by atoms with van der Waals surface area (Å²) >= 11 is 1.54. The number of aliphatic carboxylic acids is 1. The molecule has 1 aromatic heterocycles. The molecule has 0 spiro atoms. The van der Waals surface area contributed by atoms with Gasteiger partial charge in [0, 0.05) is 25.0 Å². The van der Waals surface area contributed by atoms with Crippen LogP contribution in [-0.2, 0) is 4.79 Å². The number of hydrogen-bond acceptors (Lipinski definition) is 5. The maximum absolute atomic E-state index is 12.3. The van der Waals surface area contributed by atoms with Gasteiger partial charge in [0.1, 0.15) is 6.04 Å². The van der Waals surface area contributed by atoms with E-state index in [1.165, 1.54) is 16.7 Å². The average Bonchev–Trinajstić information content (AvgIpc) is 2.67. The van der Waals surface area contributed by atoms with E-state index in [0.29, 0.717) is 23.9 Å². The highest BCUT2D eigenvalue weighted by Gasteiger charge is 2.35. The van der Waals surface area contributed by atoms with Crippen LogP contribution in [0.1, 0.15) is 22.1 Å². The summed E-state index contributed by atoms with van der Waals surface area (Å²) in [5.74, 6) is 0.333. The van der Waals surface area contributed by atoms with Crippen LogP contribution < -0.4 is 0 Å². The van der Waals surface area contributed by atoms with Crippen LogP contribution in [0.5, 0.6) is 0 Å². The van der Waals surface area contributed by atoms with Crippen LogP contribution >= 0.6 is 11.8 Å². The zero-order chi connectivity index (χ0) is 13.3. The molecule has 1 amide bonds. The molecule has 0 radical (unpaired) electrons. The van der Waals surface area contributed by atoms with E-state index >= 15 is 0 Å². The molecule has 0 aromatic carbocycles. The topological polar surface area (TPSA) is 83.6 Å². The van der Waals surface area contributed by atoms with Crippen molar-refractivity contribution < 1.29 is 19.1 Å². The number of carboxylic acids is 1. The molecule has 7 heteroatoms. The van der Waals surface area contributed by atoms with Gasteiger partial charge in [-0.05, 0) is 6.92 Å². The van der Waals surface area contributed by atoms with E-state index in [2.05, 4.69) is 4.98 Å². The predicted molar refractivity (Wildman–Crippen MR) is 65.8 cm³/mol. The Kier molecular flexibility index (Phi) is 3.60. The molecular formula is C11H14N2O4S. The van der Waals surface area contributed by atoms with Gasteiger partial charge in [-0.2, -0.15) is 11.8 Å². The molecular weight excluding hydrogens is 256 g/mol. The molecule has 1 unspecified atom stereocenters. The fourth-order valence-electron chi connectivity index (χ4n) is 1.91. The molecule has 1 fully saturated rings. The van der Waals surface area contributed by atoms with Crippen LogP contribution in [-0.4, -0.2) is 51.0 Å². The number of carbonyl (C=O) groups is 2. The number of carbonyl (C=O) groups excluding carboxylic acids is 1. The summed E-state index contributed by atoms with van der Waals surface area (Å²) in [4.78, 5) is 28.8. The minimum absolute atomic E-state index is 0.144. The molecule has 6 nitrogen and oxygen atoms in total. The third-order valence-electron chi connectivity index (χ3n) is 2.77. The smallest absolute Gasteiger partial charge is 0.327 e. The van der Waals surface area contributed by atoms with Crippen molar-refractivity contribution in [2.45, 2.75) is 19.9 Å². The van der Waals surface area contributed by atoms with Gasteiger partial charge in [0.05, 0.1) is 5.69 Å². The first-order valence-electron chi connectivity index (χ1n) is 5.56. The lowest BCUT2D eigenvalue weighted by Crippen LogP contribution is -2.50. The lowest BCUT2D eigenvalue weighted by atomic mass is 10.2. The van der Waals surface area contributed by atoms with Crippen molar-refractivity contribution in [2.24, 2.45) is 0 Å². The maximum atomic E-state index is 12.3. The molecule has 1 saturated heterocycles. The normalized spacial score (nSPS) is 19.9. The van der Waals surface area contributed by atoms with Crippen LogP contribution in [0.3, 0.4) is 0 Å². The van der Waals surface area contributed by atoms with Gasteiger partial charge < -0.3 is 14.4 Å². The second kappa shape index (κ2) is 5.01. The standard InChI is InChI=1S/C11H14N2O4S/c1-6-9(17-7(2)12-6)10(14)13-3-4-18-5-8(13)11(15)16/h8H,3-5H2,1-2H3,(H,15,16). The monoisotopic (exact) mass is 270 g/mol. The van der Waals surface area contributed by atoms with Gasteiger partial charge in [0.25, 0.3) is 5.91 Å². The van der Waals surface area contributed by atoms with Crippen molar-refractivity contribution in [3.05, 3.63) is 17.3 Å². The summed E-state index contributed by atoms with van der Waals surface area (Å²) < 4.78 is 5.26. The molecule has 18 heavy (non-hydrogen) atoms. The van der Waals surface area contributed by atoms with Crippen LogP contribution in [0.2, 0.25) is 0 Å². The number of aromatic nitrogens is 1. The molecule has 1 aromatic rings. The van der Waals surface area contributed by atoms with Gasteiger partial charge in [-0.3, -0.25) is 4.79 Å². The van der Waals surface area contributed by atoms with Crippen molar-refractivity contribution >= 4 is 23.6 Å². The number of oxazole rings is 1. The number of rotatable bonds is 2. The minimum atomic E-state index is -0.982. The van der Waals surface area contributed by atoms with Gasteiger partial charge in [0.2, 0.25) is 5.76 Å². The first-order valence-corrected chi connectivity index (χ1v) is 6.71. The highest BCUT2D eigenvalue weighted by Crippen LogP contribution is 2.21. The van der Waals surface area contributed by atoms with E-state index < -0.39 is 12.0 Å². The lowest BCUT2D eigenvalue weighted by molar-refractivity contribution is -0.141. The van der Waals surface area contributed by atoms with Gasteiger partial charge in [-0.1, -0.05) is 0 Å². The number of amides is 1. The molecule has 1 aliphatic heterocycles. The Morgan fingerprint density at radius 3 is 2.78 bits per heavy atom. The Morgan fingerprint density at radius 2 is 2.22 bits per heavy atom. The van der Waals surface area contributed by atoms with E-state index in [0.717, 1.165) is 5.75 Å². The van der Waals surface area contributed by atoms with Crippen LogP contribution in [0.25, 0.3) is 0 Å². The Morgan fingerprint density at radius 1 is 1.50 bits per heavy atom. The third-order valence-corrected chi connectivity index (χ3v) is 3.79. The number of thioether (sulfide) groups is 1. The quantitative estimate of drug-likeness (QED) is 0.860. The summed E-state index contributed by atoms with van der Waals surface area (Å²) in [5.41, 5.74) is 0.500. The number of carboxylic acid groups (broad SMARTS) is 1. The van der Waals surface area contributed by atoms with E-state index in [1.54, 1.807) is 13.8 Å². The Bertz CT molecular complexity index is 485. The summed E-state index contributed by atoms with van der Waals surface area (Å²) in [6, 6.07) is -0.791. The molecule has 2 heterocycles. The third kappa shape index (κ3) is 2.35. The van der Waals surface area contributed by atoms with E-state index in [4.69, 9.17) is 9.52 Å². The second-order valence-corrected chi connectivity index (χ2v) is 5.22. The molecule has 98 valence electrons. The van der Waals surface area contributed by atoms with Crippen molar-refractivity contribution in [3.8, 4) is 0 Å². The zero-order valence-corrected chi connectivity index (χ0v) is 11.0. The van der Waals surface area contributed by atoms with Gasteiger partial charge in [-0.25, -0.2) is 9.78 Å². The first kappa shape index (κ1) is 12.9. The highest BCUT2D eigenvalue weighted by atomic mass is 32.2. The van der Waals surface area contributed by atoms with Crippen LogP contribution in [0.4, 0.5) is 0 Å². The fourth-order valence-corrected chi connectivity index (χ4v) is 2.95. The van der Waals surface area contributed by atoms with Crippen LogP contribution in [0.15, 0.2) is 4.42 Å². The van der Waals surface area contributed by atoms with Gasteiger partial charge in [0.15, 0.2) is 5.89 Å². The minimum Gasteiger partial charge on any atom is -0.480 e. The maximum Gasteiger partial charge on any atom is 0.327 e. The van der Waals surface area contributed by atoms with Crippen molar-refractivity contribution in [1.29, 1.82) is 0 Å². The number of hydrogen-bond donors (Lipinski definition) is 1. The Labute approximate surface area is 108 Å². The Balaban J connectivity index is 2.26. The summed E-state index contributed by atoms with van der Waals surface area (Å²) in [5, 5.41) is 9.13. The number of nitrogens with zero attached hydrogens (tertiary/aromatic N) is 2. The highest BCUT2D eigenvalue weighted by molar-refractivity contribution is 7.99. The van der Waals surface area contributed by atoms with E-state index in [9.17, 15) is 9.59 Å². The van der Waals surface area contributed by atoms with Crippen molar-refractivity contribution in [3.63, 3.8) is 0 Å². The SMILES string of the molecule is Cc1nc(C)c(C(=O)N2CCSCC2C(=O)O)o1. The molecule has 1 atom stereocenters. The van der Waals surface area contributed by atoms with Crippen LogP contribution in [0, 0.1) is 13.8 Å². The zero-order valence-electron chi connectivity index (χ0n) is 10.2. The molecule has 1 aliphatic rings. The summed E-state index contributed by atoms with van der Waals surface area (Å²) in [6.07, 6.45) is 0. The van der Waals surface area contributed by atoms with E-state index in [-0.39, 0.29) is 11.7 Å². The Hall–Kier alpha value is -1.50. The predicted octanol–water partition coefficient (Wildman–Crippen LogP) is 0.934. The summed E-state index contributed by atoms with van der Waals surface area (Å²) in [6.45, 7) is 3.75.